The summed E-state index contributed by atoms with van der Waals surface area (Å²) in [5, 5.41) is 16.3. The van der Waals surface area contributed by atoms with Crippen molar-refractivity contribution in [3.63, 3.8) is 0 Å². The molecule has 0 bridgehead atoms. The fourth-order valence-electron chi connectivity index (χ4n) is 2.73. The highest BCUT2D eigenvalue weighted by Gasteiger charge is 2.14. The van der Waals surface area contributed by atoms with Crippen molar-refractivity contribution >= 4 is 39.1 Å². The molecule has 0 aromatic carbocycles. The number of H-pyrrole nitrogens is 1. The van der Waals surface area contributed by atoms with E-state index in [0.717, 1.165) is 10.2 Å². The molecule has 29 heavy (non-hydrogen) atoms. The van der Waals surface area contributed by atoms with E-state index in [-0.39, 0.29) is 18.0 Å². The third-order valence-electron chi connectivity index (χ3n) is 4.03. The Morgan fingerprint density at radius 1 is 1.17 bits per heavy atom. The Kier molecular flexibility index (Phi) is 5.26. The summed E-state index contributed by atoms with van der Waals surface area (Å²) in [6, 6.07) is 6.55. The molecular formula is C19H20FN7OS. The molecule has 4 aromatic heterocycles. The number of halogens is 1. The lowest BCUT2D eigenvalue weighted by Gasteiger charge is -2.14. The molecule has 4 heterocycles. The summed E-state index contributed by atoms with van der Waals surface area (Å²) in [5.74, 6) is 1.86. The first kappa shape index (κ1) is 19.1. The Balaban J connectivity index is 1.58. The molecule has 0 saturated carbocycles. The summed E-state index contributed by atoms with van der Waals surface area (Å²) in [4.78, 5) is 14.1. The van der Waals surface area contributed by atoms with Crippen LogP contribution in [0.1, 0.15) is 32.5 Å². The van der Waals surface area contributed by atoms with Gasteiger partial charge < -0.3 is 15.4 Å². The molecule has 0 radical (unpaired) electrons. The second-order valence-corrected chi connectivity index (χ2v) is 7.61. The number of nitrogens with zero attached hydrogens (tertiary/aromatic N) is 4. The number of ether oxygens (including phenoxy) is 1. The predicted octanol–water partition coefficient (Wildman–Crippen LogP) is 4.65. The largest absolute Gasteiger partial charge is 0.475 e. The van der Waals surface area contributed by atoms with Crippen molar-refractivity contribution in [1.82, 2.24) is 25.1 Å². The minimum atomic E-state index is -0.372. The molecular weight excluding hydrogens is 393 g/mol. The Hall–Kier alpha value is -3.27. The van der Waals surface area contributed by atoms with Gasteiger partial charge in [0.2, 0.25) is 11.8 Å². The first-order valence-corrected chi connectivity index (χ1v) is 9.98. The maximum absolute atomic E-state index is 13.1. The van der Waals surface area contributed by atoms with E-state index >= 15 is 0 Å². The maximum atomic E-state index is 13.1. The molecule has 0 aliphatic heterocycles. The zero-order chi connectivity index (χ0) is 20.4. The second-order valence-electron chi connectivity index (χ2n) is 6.71. The molecule has 3 N–H and O–H groups in total. The quantitative estimate of drug-likeness (QED) is 0.405. The topological polar surface area (TPSA) is 101 Å². The van der Waals surface area contributed by atoms with E-state index < -0.39 is 0 Å². The SMILES string of the molecule is CC(C)Oc1cc(Nc2nc(N[C@@H](C)c3ccc(F)cn3)nc3sccc23)n[nH]1. The van der Waals surface area contributed by atoms with Crippen LogP contribution >= 0.6 is 11.3 Å². The number of fused-ring (bicyclic) bond motifs is 1. The zero-order valence-corrected chi connectivity index (χ0v) is 16.9. The van der Waals surface area contributed by atoms with E-state index in [1.165, 1.54) is 23.6 Å². The zero-order valence-electron chi connectivity index (χ0n) is 16.1. The highest BCUT2D eigenvalue weighted by atomic mass is 32.1. The number of hydrogen-bond donors (Lipinski definition) is 3. The Morgan fingerprint density at radius 2 is 2.03 bits per heavy atom. The minimum Gasteiger partial charge on any atom is -0.475 e. The lowest BCUT2D eigenvalue weighted by atomic mass is 10.2. The number of anilines is 3. The van der Waals surface area contributed by atoms with Crippen LogP contribution in [-0.2, 0) is 0 Å². The van der Waals surface area contributed by atoms with E-state index in [2.05, 4.69) is 35.8 Å². The summed E-state index contributed by atoms with van der Waals surface area (Å²) in [6.07, 6.45) is 1.24. The molecule has 150 valence electrons. The maximum Gasteiger partial charge on any atom is 0.226 e. The molecule has 0 saturated heterocycles. The molecule has 8 nitrogen and oxygen atoms in total. The van der Waals surface area contributed by atoms with Crippen LogP contribution in [0, 0.1) is 5.82 Å². The van der Waals surface area contributed by atoms with Gasteiger partial charge in [0, 0.05) is 6.07 Å². The van der Waals surface area contributed by atoms with Crippen LogP contribution in [0.2, 0.25) is 0 Å². The molecule has 0 unspecified atom stereocenters. The van der Waals surface area contributed by atoms with E-state index in [4.69, 9.17) is 4.74 Å². The van der Waals surface area contributed by atoms with Crippen molar-refractivity contribution in [2.45, 2.75) is 32.9 Å². The summed E-state index contributed by atoms with van der Waals surface area (Å²) in [7, 11) is 0. The summed E-state index contributed by atoms with van der Waals surface area (Å²) in [5.41, 5.74) is 0.693. The van der Waals surface area contributed by atoms with Crippen molar-refractivity contribution in [2.75, 3.05) is 10.6 Å². The fraction of sp³-hybridized carbons (Fsp3) is 0.263. The van der Waals surface area contributed by atoms with Gasteiger partial charge in [-0.15, -0.1) is 11.3 Å². The summed E-state index contributed by atoms with van der Waals surface area (Å²) < 4.78 is 18.7. The molecule has 10 heteroatoms. The van der Waals surface area contributed by atoms with E-state index in [9.17, 15) is 4.39 Å². The van der Waals surface area contributed by atoms with Gasteiger partial charge >= 0.3 is 0 Å². The van der Waals surface area contributed by atoms with E-state index in [0.29, 0.717) is 29.2 Å². The Labute approximate surface area is 170 Å². The monoisotopic (exact) mass is 413 g/mol. The van der Waals surface area contributed by atoms with Gasteiger partial charge in [0.25, 0.3) is 0 Å². The molecule has 0 aliphatic carbocycles. The van der Waals surface area contributed by atoms with Crippen molar-refractivity contribution in [3.8, 4) is 5.88 Å². The molecule has 4 rings (SSSR count). The van der Waals surface area contributed by atoms with Gasteiger partial charge in [-0.3, -0.25) is 4.98 Å². The molecule has 1 atom stereocenters. The van der Waals surface area contributed by atoms with Crippen LogP contribution in [-0.4, -0.2) is 31.3 Å². The van der Waals surface area contributed by atoms with Gasteiger partial charge in [0.05, 0.1) is 29.4 Å². The van der Waals surface area contributed by atoms with E-state index in [1.807, 2.05) is 32.2 Å². The van der Waals surface area contributed by atoms with Crippen LogP contribution in [0.4, 0.5) is 22.0 Å². The van der Waals surface area contributed by atoms with E-state index in [1.54, 1.807) is 12.1 Å². The normalized spacial score (nSPS) is 12.3. The minimum absolute atomic E-state index is 0.0447. The van der Waals surface area contributed by atoms with Crippen molar-refractivity contribution in [3.05, 3.63) is 47.4 Å². The third-order valence-corrected chi connectivity index (χ3v) is 4.83. The van der Waals surface area contributed by atoms with Crippen LogP contribution in [0.25, 0.3) is 10.2 Å². The van der Waals surface area contributed by atoms with Gasteiger partial charge in [0.15, 0.2) is 5.82 Å². The molecule has 0 fully saturated rings. The number of thiophene rings is 1. The van der Waals surface area contributed by atoms with Gasteiger partial charge in [-0.25, -0.2) is 14.5 Å². The highest BCUT2D eigenvalue weighted by Crippen LogP contribution is 2.30. The highest BCUT2D eigenvalue weighted by molar-refractivity contribution is 7.16. The number of hydrogen-bond acceptors (Lipinski definition) is 8. The number of rotatable bonds is 7. The molecule has 0 aliphatic rings. The third kappa shape index (κ3) is 4.43. The fourth-order valence-corrected chi connectivity index (χ4v) is 3.49. The number of pyridine rings is 1. The summed E-state index contributed by atoms with van der Waals surface area (Å²) in [6.45, 7) is 5.81. The molecule has 4 aromatic rings. The van der Waals surface area contributed by atoms with Crippen molar-refractivity contribution < 1.29 is 9.13 Å². The number of aromatic amines is 1. The van der Waals surface area contributed by atoms with Gasteiger partial charge in [-0.2, -0.15) is 10.1 Å². The number of nitrogens with one attached hydrogen (secondary N) is 3. The average Bonchev–Trinajstić information content (AvgIpc) is 3.31. The van der Waals surface area contributed by atoms with Crippen molar-refractivity contribution in [1.29, 1.82) is 0 Å². The van der Waals surface area contributed by atoms with Gasteiger partial charge in [-0.05, 0) is 44.4 Å². The van der Waals surface area contributed by atoms with Crippen LogP contribution in [0.3, 0.4) is 0 Å². The van der Waals surface area contributed by atoms with Crippen LogP contribution in [0.15, 0.2) is 35.8 Å². The number of aromatic nitrogens is 5. The first-order valence-electron chi connectivity index (χ1n) is 9.10. The smallest absolute Gasteiger partial charge is 0.226 e. The standard InChI is InChI=1S/C19H20FN7OS/c1-10(2)28-16-8-15(26-27-16)23-17-13-6-7-29-18(13)25-19(24-17)22-11(3)14-5-4-12(20)9-21-14/h4-11H,1-3H3,(H3,22,23,24,25,26,27)/t11-/m0/s1. The molecule has 0 spiro atoms. The summed E-state index contributed by atoms with van der Waals surface area (Å²) >= 11 is 1.52. The Morgan fingerprint density at radius 3 is 2.79 bits per heavy atom. The molecule has 0 amide bonds. The Bertz CT molecular complexity index is 1110. The lowest BCUT2D eigenvalue weighted by Crippen LogP contribution is -2.11. The second kappa shape index (κ2) is 8.00. The van der Waals surface area contributed by atoms with Crippen LogP contribution < -0.4 is 15.4 Å². The first-order chi connectivity index (χ1) is 14.0. The van der Waals surface area contributed by atoms with Gasteiger partial charge in [0.1, 0.15) is 16.5 Å². The van der Waals surface area contributed by atoms with Crippen molar-refractivity contribution in [2.24, 2.45) is 0 Å². The van der Waals surface area contributed by atoms with Gasteiger partial charge in [-0.1, -0.05) is 0 Å². The van der Waals surface area contributed by atoms with Crippen LogP contribution in [0.5, 0.6) is 5.88 Å². The lowest BCUT2D eigenvalue weighted by molar-refractivity contribution is 0.232. The predicted molar refractivity (Wildman–Crippen MR) is 111 cm³/mol. The average molecular weight is 413 g/mol.